The summed E-state index contributed by atoms with van der Waals surface area (Å²) in [6.45, 7) is 5.07. The summed E-state index contributed by atoms with van der Waals surface area (Å²) in [6, 6.07) is 12.1. The molecule has 1 saturated heterocycles. The SMILES string of the molecule is Cc1cccn2cc(COc3ccc(CNCC4(O)CCOCC4)cc3)nc12. The molecule has 1 fully saturated rings. The third-order valence-electron chi connectivity index (χ3n) is 5.24. The Hall–Kier alpha value is -2.41. The van der Waals surface area contributed by atoms with Gasteiger partial charge in [0.2, 0.25) is 0 Å². The first-order chi connectivity index (χ1) is 13.6. The van der Waals surface area contributed by atoms with Crippen LogP contribution in [-0.4, -0.2) is 39.9 Å². The van der Waals surface area contributed by atoms with Crippen LogP contribution < -0.4 is 10.1 Å². The summed E-state index contributed by atoms with van der Waals surface area (Å²) in [5.74, 6) is 0.820. The van der Waals surface area contributed by atoms with Gasteiger partial charge >= 0.3 is 0 Å². The van der Waals surface area contributed by atoms with Gasteiger partial charge in [-0.15, -0.1) is 0 Å². The summed E-state index contributed by atoms with van der Waals surface area (Å²) in [5, 5.41) is 13.8. The average Bonchev–Trinajstić information content (AvgIpc) is 3.12. The molecule has 0 aliphatic carbocycles. The third kappa shape index (κ3) is 4.52. The zero-order chi connectivity index (χ0) is 19.4. The van der Waals surface area contributed by atoms with Crippen molar-refractivity contribution in [3.8, 4) is 5.75 Å². The molecule has 2 N–H and O–H groups in total. The number of nitrogens with one attached hydrogen (secondary N) is 1. The summed E-state index contributed by atoms with van der Waals surface area (Å²) in [5.41, 5.74) is 3.54. The summed E-state index contributed by atoms with van der Waals surface area (Å²) >= 11 is 0. The molecule has 0 unspecified atom stereocenters. The number of rotatable bonds is 7. The van der Waals surface area contributed by atoms with E-state index in [1.54, 1.807) is 0 Å². The Bertz CT molecular complexity index is 914. The van der Waals surface area contributed by atoms with Gasteiger partial charge in [-0.05, 0) is 36.2 Å². The lowest BCUT2D eigenvalue weighted by Crippen LogP contribution is -2.44. The van der Waals surface area contributed by atoms with E-state index < -0.39 is 5.60 Å². The number of pyridine rings is 1. The molecule has 4 rings (SSSR count). The van der Waals surface area contributed by atoms with Crippen LogP contribution in [0.3, 0.4) is 0 Å². The van der Waals surface area contributed by atoms with Crippen LogP contribution in [0.1, 0.15) is 29.7 Å². The summed E-state index contributed by atoms with van der Waals surface area (Å²) in [6.07, 6.45) is 5.38. The fourth-order valence-electron chi connectivity index (χ4n) is 3.50. The largest absolute Gasteiger partial charge is 0.487 e. The van der Waals surface area contributed by atoms with Crippen molar-refractivity contribution in [2.45, 2.75) is 38.5 Å². The van der Waals surface area contributed by atoms with Gasteiger partial charge in [-0.2, -0.15) is 0 Å². The number of nitrogens with zero attached hydrogens (tertiary/aromatic N) is 2. The summed E-state index contributed by atoms with van der Waals surface area (Å²) < 4.78 is 13.2. The van der Waals surface area contributed by atoms with Crippen LogP contribution in [0.2, 0.25) is 0 Å². The van der Waals surface area contributed by atoms with Crippen molar-refractivity contribution >= 4 is 5.65 Å². The zero-order valence-electron chi connectivity index (χ0n) is 16.2. The quantitative estimate of drug-likeness (QED) is 0.659. The Morgan fingerprint density at radius 1 is 1.21 bits per heavy atom. The number of imidazole rings is 1. The molecular weight excluding hydrogens is 354 g/mol. The molecule has 28 heavy (non-hydrogen) atoms. The van der Waals surface area contributed by atoms with E-state index in [-0.39, 0.29) is 0 Å². The normalized spacial score (nSPS) is 16.4. The molecule has 0 saturated carbocycles. The van der Waals surface area contributed by atoms with Crippen LogP contribution in [0, 0.1) is 6.92 Å². The van der Waals surface area contributed by atoms with E-state index in [4.69, 9.17) is 9.47 Å². The predicted molar refractivity (Wildman–Crippen MR) is 107 cm³/mol. The third-order valence-corrected chi connectivity index (χ3v) is 5.24. The second-order valence-electron chi connectivity index (χ2n) is 7.53. The van der Waals surface area contributed by atoms with Crippen molar-refractivity contribution in [3.05, 3.63) is 65.6 Å². The molecular formula is C22H27N3O3. The van der Waals surface area contributed by atoms with Gasteiger partial charge in [-0.3, -0.25) is 0 Å². The van der Waals surface area contributed by atoms with E-state index in [1.807, 2.05) is 47.1 Å². The van der Waals surface area contributed by atoms with Crippen LogP contribution in [0.5, 0.6) is 5.75 Å². The van der Waals surface area contributed by atoms with Crippen molar-refractivity contribution in [3.63, 3.8) is 0 Å². The number of ether oxygens (including phenoxy) is 2. The molecule has 148 valence electrons. The Balaban J connectivity index is 1.27. The highest BCUT2D eigenvalue weighted by atomic mass is 16.5. The van der Waals surface area contributed by atoms with Crippen molar-refractivity contribution in [1.29, 1.82) is 0 Å². The minimum Gasteiger partial charge on any atom is -0.487 e. The first-order valence-electron chi connectivity index (χ1n) is 9.77. The maximum Gasteiger partial charge on any atom is 0.140 e. The highest BCUT2D eigenvalue weighted by Gasteiger charge is 2.28. The monoisotopic (exact) mass is 381 g/mol. The van der Waals surface area contributed by atoms with Crippen molar-refractivity contribution < 1.29 is 14.6 Å². The van der Waals surface area contributed by atoms with Gasteiger partial charge in [-0.25, -0.2) is 4.98 Å². The topological polar surface area (TPSA) is 68.0 Å². The minimum atomic E-state index is -0.645. The lowest BCUT2D eigenvalue weighted by Gasteiger charge is -2.32. The first kappa shape index (κ1) is 18.9. The van der Waals surface area contributed by atoms with E-state index >= 15 is 0 Å². The summed E-state index contributed by atoms with van der Waals surface area (Å²) in [7, 11) is 0. The van der Waals surface area contributed by atoms with Crippen LogP contribution >= 0.6 is 0 Å². The Morgan fingerprint density at radius 3 is 2.75 bits per heavy atom. The molecule has 6 nitrogen and oxygen atoms in total. The van der Waals surface area contributed by atoms with Crippen LogP contribution in [-0.2, 0) is 17.9 Å². The predicted octanol–water partition coefficient (Wildman–Crippen LogP) is 2.85. The minimum absolute atomic E-state index is 0.438. The van der Waals surface area contributed by atoms with Gasteiger partial charge in [0.05, 0.1) is 11.3 Å². The van der Waals surface area contributed by atoms with E-state index in [1.165, 1.54) is 0 Å². The van der Waals surface area contributed by atoms with Crippen molar-refractivity contribution in [2.24, 2.45) is 0 Å². The van der Waals surface area contributed by atoms with Crippen LogP contribution in [0.25, 0.3) is 5.65 Å². The van der Waals surface area contributed by atoms with E-state index in [0.29, 0.717) is 39.2 Å². The maximum atomic E-state index is 10.5. The van der Waals surface area contributed by atoms with Gasteiger partial charge < -0.3 is 24.3 Å². The molecule has 1 aromatic carbocycles. The van der Waals surface area contributed by atoms with E-state index in [9.17, 15) is 5.11 Å². The molecule has 0 radical (unpaired) electrons. The Morgan fingerprint density at radius 2 is 2.00 bits per heavy atom. The highest BCUT2D eigenvalue weighted by Crippen LogP contribution is 2.20. The summed E-state index contributed by atoms with van der Waals surface area (Å²) in [4.78, 5) is 4.63. The smallest absolute Gasteiger partial charge is 0.140 e. The maximum absolute atomic E-state index is 10.5. The van der Waals surface area contributed by atoms with Crippen LogP contribution in [0.4, 0.5) is 0 Å². The molecule has 0 spiro atoms. The zero-order valence-corrected chi connectivity index (χ0v) is 16.2. The first-order valence-corrected chi connectivity index (χ1v) is 9.77. The fourth-order valence-corrected chi connectivity index (χ4v) is 3.50. The van der Waals surface area contributed by atoms with Gasteiger partial charge in [0.1, 0.15) is 18.0 Å². The fraction of sp³-hybridized carbons (Fsp3) is 0.409. The second kappa shape index (κ2) is 8.31. The standard InChI is InChI=1S/C22H27N3O3/c1-17-3-2-10-25-14-19(24-21(17)25)15-28-20-6-4-18(5-7-20)13-23-16-22(26)8-11-27-12-9-22/h2-7,10,14,23,26H,8-9,11-13,15-16H2,1H3. The van der Waals surface area contributed by atoms with Crippen molar-refractivity contribution in [1.82, 2.24) is 14.7 Å². The van der Waals surface area contributed by atoms with Gasteiger partial charge in [0, 0.05) is 51.5 Å². The number of fused-ring (bicyclic) bond motifs is 1. The molecule has 6 heteroatoms. The lowest BCUT2D eigenvalue weighted by atomic mass is 9.94. The number of hydrogen-bond acceptors (Lipinski definition) is 5. The number of aromatic nitrogens is 2. The van der Waals surface area contributed by atoms with Gasteiger partial charge in [-0.1, -0.05) is 18.2 Å². The number of aliphatic hydroxyl groups is 1. The van der Waals surface area contributed by atoms with Gasteiger partial charge in [0.25, 0.3) is 0 Å². The Labute approximate surface area is 165 Å². The molecule has 1 aliphatic heterocycles. The molecule has 3 aromatic rings. The second-order valence-corrected chi connectivity index (χ2v) is 7.53. The molecule has 1 aliphatic rings. The highest BCUT2D eigenvalue weighted by molar-refractivity contribution is 5.47. The van der Waals surface area contributed by atoms with E-state index in [2.05, 4.69) is 23.3 Å². The molecule has 0 amide bonds. The number of aryl methyl sites for hydroxylation is 1. The molecule has 0 bridgehead atoms. The van der Waals surface area contributed by atoms with E-state index in [0.717, 1.165) is 34.8 Å². The molecule has 3 heterocycles. The van der Waals surface area contributed by atoms with Crippen LogP contribution in [0.15, 0.2) is 48.8 Å². The Kier molecular flexibility index (Phi) is 5.62. The molecule has 2 aromatic heterocycles. The lowest BCUT2D eigenvalue weighted by molar-refractivity contribution is -0.0617. The van der Waals surface area contributed by atoms with Crippen molar-refractivity contribution in [2.75, 3.05) is 19.8 Å². The molecule has 0 atom stereocenters. The van der Waals surface area contributed by atoms with Gasteiger partial charge in [0.15, 0.2) is 0 Å². The average molecular weight is 381 g/mol. The number of hydrogen-bond donors (Lipinski definition) is 2. The number of benzene rings is 1.